The summed E-state index contributed by atoms with van der Waals surface area (Å²) in [5.41, 5.74) is 12.9. The predicted molar refractivity (Wildman–Crippen MR) is 158 cm³/mol. The molecule has 7 nitrogen and oxygen atoms in total. The Balaban J connectivity index is 1.33. The van der Waals surface area contributed by atoms with Crippen molar-refractivity contribution in [2.45, 2.75) is 25.4 Å². The summed E-state index contributed by atoms with van der Waals surface area (Å²) >= 11 is 0. The number of nitrogens with two attached hydrogens (primary N) is 1. The van der Waals surface area contributed by atoms with Crippen molar-refractivity contribution in [3.05, 3.63) is 103 Å². The van der Waals surface area contributed by atoms with Crippen molar-refractivity contribution in [3.8, 4) is 28.3 Å². The lowest BCUT2D eigenvalue weighted by Crippen LogP contribution is -2.42. The highest BCUT2D eigenvalue weighted by Gasteiger charge is 2.20. The Morgan fingerprint density at radius 2 is 1.72 bits per heavy atom. The molecule has 1 aliphatic heterocycles. The van der Waals surface area contributed by atoms with Crippen molar-refractivity contribution >= 4 is 17.0 Å². The third-order valence-corrected chi connectivity index (χ3v) is 7.39. The van der Waals surface area contributed by atoms with E-state index in [1.165, 1.54) is 5.56 Å². The number of hydrogen-bond acceptors (Lipinski definition) is 6. The van der Waals surface area contributed by atoms with Gasteiger partial charge < -0.3 is 11.1 Å². The molecule has 3 aromatic heterocycles. The van der Waals surface area contributed by atoms with E-state index in [0.29, 0.717) is 11.9 Å². The summed E-state index contributed by atoms with van der Waals surface area (Å²) in [7, 11) is 0. The van der Waals surface area contributed by atoms with Crippen LogP contribution in [0.4, 0.5) is 5.82 Å². The quantitative estimate of drug-likeness (QED) is 0.267. The van der Waals surface area contributed by atoms with Crippen molar-refractivity contribution < 1.29 is 0 Å². The third-order valence-electron chi connectivity index (χ3n) is 7.39. The first kappa shape index (κ1) is 25.0. The van der Waals surface area contributed by atoms with Crippen LogP contribution in [0.1, 0.15) is 18.4 Å². The number of nitrogen functional groups attached to an aromatic ring is 1. The van der Waals surface area contributed by atoms with Crippen molar-refractivity contribution in [1.29, 1.82) is 0 Å². The van der Waals surface area contributed by atoms with E-state index in [1.54, 1.807) is 6.20 Å². The summed E-state index contributed by atoms with van der Waals surface area (Å²) in [6.45, 7) is 7.83. The molecular weight excluding hydrogens is 482 g/mol. The number of rotatable bonds is 8. The number of benzene rings is 2. The second-order valence-corrected chi connectivity index (χ2v) is 10.0. The zero-order valence-corrected chi connectivity index (χ0v) is 22.0. The lowest BCUT2D eigenvalue weighted by Gasteiger charge is -2.32. The maximum absolute atomic E-state index is 6.31. The van der Waals surface area contributed by atoms with E-state index in [0.717, 1.165) is 78.5 Å². The summed E-state index contributed by atoms with van der Waals surface area (Å²) in [6, 6.07) is 27.4. The molecule has 6 rings (SSSR count). The van der Waals surface area contributed by atoms with Crippen molar-refractivity contribution in [2.24, 2.45) is 0 Å². The molecule has 0 spiro atoms. The Bertz CT molecular complexity index is 1570. The van der Waals surface area contributed by atoms with Crippen LogP contribution in [0.5, 0.6) is 0 Å². The molecule has 1 saturated heterocycles. The molecule has 7 heteroatoms. The van der Waals surface area contributed by atoms with Gasteiger partial charge in [0.15, 0.2) is 11.5 Å². The fourth-order valence-electron chi connectivity index (χ4n) is 5.31. The molecular formula is C32H33N7. The van der Waals surface area contributed by atoms with Gasteiger partial charge in [0.25, 0.3) is 0 Å². The third kappa shape index (κ3) is 5.32. The van der Waals surface area contributed by atoms with Crippen LogP contribution in [0.25, 0.3) is 39.5 Å². The van der Waals surface area contributed by atoms with Crippen LogP contribution in [0, 0.1) is 0 Å². The minimum absolute atomic E-state index is 0.444. The fourth-order valence-corrected chi connectivity index (χ4v) is 5.31. The van der Waals surface area contributed by atoms with E-state index in [1.807, 2.05) is 48.5 Å². The standard InChI is InChI=1S/C32H33N7/c1-2-18-34-25-16-20-38(21-17-25)22-23-10-12-26(13-11-23)39-31(27-9-6-19-35-30(27)33)37-29-15-14-28(36-32(29)39)24-7-4-3-5-8-24/h2-15,19,25,34H,1,16-18,20-22H2,(H2,33,35). The van der Waals surface area contributed by atoms with Gasteiger partial charge in [0, 0.05) is 36.6 Å². The number of likely N-dealkylation sites (tertiary alicyclic amines) is 1. The van der Waals surface area contributed by atoms with Crippen LogP contribution in [0.15, 0.2) is 97.7 Å². The topological polar surface area (TPSA) is 84.9 Å². The summed E-state index contributed by atoms with van der Waals surface area (Å²) in [6.07, 6.45) is 5.96. The van der Waals surface area contributed by atoms with Gasteiger partial charge in [0.1, 0.15) is 11.3 Å². The average Bonchev–Trinajstić information content (AvgIpc) is 3.36. The van der Waals surface area contributed by atoms with Gasteiger partial charge in [-0.15, -0.1) is 6.58 Å². The SMILES string of the molecule is C=CCNC1CCN(Cc2ccc(-n3c(-c4cccnc4N)nc4ccc(-c5ccccc5)nc43)cc2)CC1. The highest BCUT2D eigenvalue weighted by atomic mass is 15.1. The van der Waals surface area contributed by atoms with Crippen LogP contribution in [-0.2, 0) is 6.54 Å². The number of nitrogens with one attached hydrogen (secondary N) is 1. The molecule has 5 aromatic rings. The summed E-state index contributed by atoms with van der Waals surface area (Å²) in [5, 5.41) is 3.56. The first-order valence-electron chi connectivity index (χ1n) is 13.5. The van der Waals surface area contributed by atoms with Crippen LogP contribution in [0.3, 0.4) is 0 Å². The average molecular weight is 516 g/mol. The molecule has 39 heavy (non-hydrogen) atoms. The van der Waals surface area contributed by atoms with Gasteiger partial charge in [-0.3, -0.25) is 9.47 Å². The normalized spacial score (nSPS) is 14.6. The molecule has 0 aliphatic carbocycles. The first-order valence-corrected chi connectivity index (χ1v) is 13.5. The van der Waals surface area contributed by atoms with Gasteiger partial charge in [-0.25, -0.2) is 15.0 Å². The van der Waals surface area contributed by atoms with Crippen LogP contribution < -0.4 is 11.1 Å². The smallest absolute Gasteiger partial charge is 0.165 e. The first-order chi connectivity index (χ1) is 19.2. The van der Waals surface area contributed by atoms with Gasteiger partial charge >= 0.3 is 0 Å². The number of pyridine rings is 2. The fraction of sp³-hybridized carbons (Fsp3) is 0.219. The molecule has 0 saturated carbocycles. The summed E-state index contributed by atoms with van der Waals surface area (Å²) < 4.78 is 2.09. The van der Waals surface area contributed by atoms with Crippen molar-refractivity contribution in [3.63, 3.8) is 0 Å². The minimum atomic E-state index is 0.444. The second-order valence-electron chi connectivity index (χ2n) is 10.0. The molecule has 1 fully saturated rings. The van der Waals surface area contributed by atoms with E-state index < -0.39 is 0 Å². The van der Waals surface area contributed by atoms with Gasteiger partial charge in [-0.05, 0) is 67.9 Å². The van der Waals surface area contributed by atoms with E-state index >= 15 is 0 Å². The monoisotopic (exact) mass is 515 g/mol. The number of imidazole rings is 1. The molecule has 4 heterocycles. The van der Waals surface area contributed by atoms with E-state index in [9.17, 15) is 0 Å². The Morgan fingerprint density at radius 1 is 0.923 bits per heavy atom. The van der Waals surface area contributed by atoms with Crippen molar-refractivity contribution in [2.75, 3.05) is 25.4 Å². The molecule has 0 radical (unpaired) electrons. The van der Waals surface area contributed by atoms with E-state index in [2.05, 4.69) is 62.7 Å². The minimum Gasteiger partial charge on any atom is -0.383 e. The zero-order valence-electron chi connectivity index (χ0n) is 22.0. The Morgan fingerprint density at radius 3 is 2.46 bits per heavy atom. The highest BCUT2D eigenvalue weighted by molar-refractivity contribution is 5.84. The number of fused-ring (bicyclic) bond motifs is 1. The Hall–Kier alpha value is -4.33. The number of piperidine rings is 1. The molecule has 1 aliphatic rings. The molecule has 0 unspecified atom stereocenters. The van der Waals surface area contributed by atoms with Crippen LogP contribution in [0.2, 0.25) is 0 Å². The molecule has 0 atom stereocenters. The zero-order chi connectivity index (χ0) is 26.6. The number of hydrogen-bond donors (Lipinski definition) is 2. The van der Waals surface area contributed by atoms with Crippen LogP contribution in [-0.4, -0.2) is 50.1 Å². The number of nitrogens with zero attached hydrogens (tertiary/aromatic N) is 5. The van der Waals surface area contributed by atoms with Gasteiger partial charge in [0.05, 0.1) is 11.3 Å². The van der Waals surface area contributed by atoms with E-state index in [4.69, 9.17) is 15.7 Å². The summed E-state index contributed by atoms with van der Waals surface area (Å²) in [4.78, 5) is 16.9. The highest BCUT2D eigenvalue weighted by Crippen LogP contribution is 2.32. The molecule has 196 valence electrons. The van der Waals surface area contributed by atoms with Crippen molar-refractivity contribution in [1.82, 2.24) is 29.7 Å². The maximum atomic E-state index is 6.31. The largest absolute Gasteiger partial charge is 0.383 e. The number of aromatic nitrogens is 4. The second kappa shape index (κ2) is 11.2. The molecule has 3 N–H and O–H groups in total. The maximum Gasteiger partial charge on any atom is 0.165 e. The summed E-state index contributed by atoms with van der Waals surface area (Å²) in [5.74, 6) is 1.18. The lowest BCUT2D eigenvalue weighted by atomic mass is 10.0. The Labute approximate surface area is 229 Å². The molecule has 0 amide bonds. The number of anilines is 1. The van der Waals surface area contributed by atoms with Crippen LogP contribution >= 0.6 is 0 Å². The predicted octanol–water partition coefficient (Wildman–Crippen LogP) is 5.47. The lowest BCUT2D eigenvalue weighted by molar-refractivity contribution is 0.192. The van der Waals surface area contributed by atoms with Gasteiger partial charge in [0.2, 0.25) is 0 Å². The molecule has 0 bridgehead atoms. The molecule has 2 aromatic carbocycles. The van der Waals surface area contributed by atoms with Gasteiger partial charge in [-0.2, -0.15) is 0 Å². The van der Waals surface area contributed by atoms with E-state index in [-0.39, 0.29) is 0 Å². The van der Waals surface area contributed by atoms with Gasteiger partial charge in [-0.1, -0.05) is 48.5 Å². The Kier molecular flexibility index (Phi) is 7.17.